The van der Waals surface area contributed by atoms with Gasteiger partial charge in [0.15, 0.2) is 5.96 Å². The summed E-state index contributed by atoms with van der Waals surface area (Å²) in [5, 5.41) is 5.64. The molecule has 0 saturated heterocycles. The molecule has 2 rings (SSSR count). The highest BCUT2D eigenvalue weighted by atomic mass is 35.5. The molecule has 2 heterocycles. The number of thiophene rings is 1. The Kier molecular flexibility index (Phi) is 7.51. The third kappa shape index (κ3) is 5.73. The van der Waals surface area contributed by atoms with Gasteiger partial charge in [-0.2, -0.15) is 0 Å². The van der Waals surface area contributed by atoms with Crippen molar-refractivity contribution in [2.45, 2.75) is 17.7 Å². The summed E-state index contributed by atoms with van der Waals surface area (Å²) in [6, 6.07) is 5.21. The smallest absolute Gasteiger partial charge is 0.250 e. The van der Waals surface area contributed by atoms with E-state index in [9.17, 15) is 8.42 Å². The van der Waals surface area contributed by atoms with Crippen molar-refractivity contribution in [1.82, 2.24) is 19.5 Å². The van der Waals surface area contributed by atoms with E-state index in [2.05, 4.69) is 15.0 Å². The van der Waals surface area contributed by atoms with Gasteiger partial charge in [0.25, 0.3) is 0 Å². The molecule has 0 atom stereocenters. The van der Waals surface area contributed by atoms with Gasteiger partial charge in [0, 0.05) is 39.1 Å². The third-order valence-corrected chi connectivity index (χ3v) is 6.66. The van der Waals surface area contributed by atoms with E-state index in [0.717, 1.165) is 12.2 Å². The minimum atomic E-state index is -3.45. The zero-order valence-electron chi connectivity index (χ0n) is 15.1. The molecular weight excluding hydrogens is 394 g/mol. The molecule has 0 aromatic carbocycles. The highest BCUT2D eigenvalue weighted by molar-refractivity contribution is 7.91. The molecule has 0 aliphatic heterocycles. The lowest BCUT2D eigenvalue weighted by Crippen LogP contribution is -2.39. The molecule has 0 aliphatic carbocycles. The van der Waals surface area contributed by atoms with E-state index in [1.165, 1.54) is 11.3 Å². The Balaban J connectivity index is 1.94. The van der Waals surface area contributed by atoms with Gasteiger partial charge in [-0.05, 0) is 24.4 Å². The van der Waals surface area contributed by atoms with Crippen LogP contribution in [0, 0.1) is 0 Å². The molecule has 10 heteroatoms. The summed E-state index contributed by atoms with van der Waals surface area (Å²) in [7, 11) is 0.420. The van der Waals surface area contributed by atoms with Gasteiger partial charge in [-0.25, -0.2) is 13.1 Å². The predicted octanol–water partition coefficient (Wildman–Crippen LogP) is 2.12. The zero-order chi connectivity index (χ0) is 19.2. The molecule has 2 aromatic heterocycles. The fourth-order valence-corrected chi connectivity index (χ4v) is 4.67. The molecule has 7 nitrogen and oxygen atoms in total. The van der Waals surface area contributed by atoms with Crippen LogP contribution in [-0.4, -0.2) is 50.5 Å². The lowest BCUT2D eigenvalue weighted by molar-refractivity contribution is 0.462. The standard InChI is InChI=1S/C16H24ClN5O2S2/c1-4-18-16(22(3)12-14-10-13(17)11-21(14)2)19-7-8-20-26(23,24)15-6-5-9-25-15/h5-6,9-11,20H,4,7-8,12H2,1-3H3,(H,18,19). The highest BCUT2D eigenvalue weighted by Gasteiger charge is 2.14. The van der Waals surface area contributed by atoms with Gasteiger partial charge in [-0.3, -0.25) is 4.99 Å². The molecule has 0 spiro atoms. The van der Waals surface area contributed by atoms with E-state index < -0.39 is 10.0 Å². The first-order chi connectivity index (χ1) is 12.3. The first-order valence-electron chi connectivity index (χ1n) is 8.17. The number of nitrogens with zero attached hydrogens (tertiary/aromatic N) is 3. The summed E-state index contributed by atoms with van der Waals surface area (Å²) < 4.78 is 29.0. The van der Waals surface area contributed by atoms with E-state index in [4.69, 9.17) is 11.6 Å². The van der Waals surface area contributed by atoms with Gasteiger partial charge in [0.1, 0.15) is 4.21 Å². The van der Waals surface area contributed by atoms with Gasteiger partial charge in [-0.15, -0.1) is 11.3 Å². The molecule has 0 fully saturated rings. The molecular formula is C16H24ClN5O2S2. The summed E-state index contributed by atoms with van der Waals surface area (Å²) in [6.45, 7) is 3.92. The molecule has 144 valence electrons. The normalized spacial score (nSPS) is 12.4. The molecule has 0 aliphatic rings. The third-order valence-electron chi connectivity index (χ3n) is 3.60. The van der Waals surface area contributed by atoms with Crippen LogP contribution >= 0.6 is 22.9 Å². The van der Waals surface area contributed by atoms with Crippen LogP contribution in [0.5, 0.6) is 0 Å². The SMILES string of the molecule is CCNC(=NCCNS(=O)(=O)c1cccs1)N(C)Cc1cc(Cl)cn1C. The highest BCUT2D eigenvalue weighted by Crippen LogP contribution is 2.15. The van der Waals surface area contributed by atoms with Crippen LogP contribution in [0.25, 0.3) is 0 Å². The molecule has 0 radical (unpaired) electrons. The number of halogens is 1. The van der Waals surface area contributed by atoms with Gasteiger partial charge < -0.3 is 14.8 Å². The van der Waals surface area contributed by atoms with Crippen molar-refractivity contribution < 1.29 is 8.42 Å². The lowest BCUT2D eigenvalue weighted by Gasteiger charge is -2.22. The number of rotatable bonds is 8. The molecule has 2 aromatic rings. The Morgan fingerprint density at radius 1 is 1.46 bits per heavy atom. The Morgan fingerprint density at radius 3 is 2.81 bits per heavy atom. The Morgan fingerprint density at radius 2 is 2.23 bits per heavy atom. The largest absolute Gasteiger partial charge is 0.357 e. The van der Waals surface area contributed by atoms with Crippen molar-refractivity contribution in [3.8, 4) is 0 Å². The number of guanidine groups is 1. The topological polar surface area (TPSA) is 78.7 Å². The summed E-state index contributed by atoms with van der Waals surface area (Å²) in [4.78, 5) is 6.47. The van der Waals surface area contributed by atoms with E-state index in [-0.39, 0.29) is 6.54 Å². The lowest BCUT2D eigenvalue weighted by atomic mass is 10.4. The molecule has 0 unspecified atom stereocenters. The van der Waals surface area contributed by atoms with Crippen LogP contribution in [0.2, 0.25) is 5.02 Å². The summed E-state index contributed by atoms with van der Waals surface area (Å²) in [6.07, 6.45) is 1.86. The van der Waals surface area contributed by atoms with Crippen LogP contribution in [0.1, 0.15) is 12.6 Å². The van der Waals surface area contributed by atoms with Gasteiger partial charge in [-0.1, -0.05) is 17.7 Å². The number of aliphatic imine (C=N–C) groups is 1. The van der Waals surface area contributed by atoms with E-state index >= 15 is 0 Å². The Labute approximate surface area is 163 Å². The van der Waals surface area contributed by atoms with E-state index in [1.54, 1.807) is 17.5 Å². The molecule has 0 amide bonds. The second-order valence-corrected chi connectivity index (χ2v) is 9.06. The van der Waals surface area contributed by atoms with E-state index in [1.807, 2.05) is 42.7 Å². The summed E-state index contributed by atoms with van der Waals surface area (Å²) in [5.41, 5.74) is 1.06. The second-order valence-electron chi connectivity index (χ2n) is 5.68. The van der Waals surface area contributed by atoms with Crippen LogP contribution in [0.4, 0.5) is 0 Å². The number of nitrogens with one attached hydrogen (secondary N) is 2. The molecule has 0 bridgehead atoms. The van der Waals surface area contributed by atoms with Crippen LogP contribution < -0.4 is 10.0 Å². The van der Waals surface area contributed by atoms with Crippen molar-refractivity contribution >= 4 is 38.9 Å². The van der Waals surface area contributed by atoms with Gasteiger partial charge in [0.2, 0.25) is 10.0 Å². The maximum atomic E-state index is 12.1. The summed E-state index contributed by atoms with van der Waals surface area (Å²) in [5.74, 6) is 0.708. The van der Waals surface area contributed by atoms with Crippen molar-refractivity contribution in [2.24, 2.45) is 12.0 Å². The van der Waals surface area contributed by atoms with Crippen molar-refractivity contribution in [2.75, 3.05) is 26.7 Å². The van der Waals surface area contributed by atoms with E-state index in [0.29, 0.717) is 28.3 Å². The maximum absolute atomic E-state index is 12.1. The quantitative estimate of drug-likeness (QED) is 0.391. The van der Waals surface area contributed by atoms with Crippen molar-refractivity contribution in [3.63, 3.8) is 0 Å². The fourth-order valence-electron chi connectivity index (χ4n) is 2.34. The first kappa shape index (κ1) is 20.8. The maximum Gasteiger partial charge on any atom is 0.250 e. The fraction of sp³-hybridized carbons (Fsp3) is 0.438. The average molecular weight is 418 g/mol. The van der Waals surface area contributed by atoms with Gasteiger partial charge >= 0.3 is 0 Å². The molecule has 26 heavy (non-hydrogen) atoms. The monoisotopic (exact) mass is 417 g/mol. The van der Waals surface area contributed by atoms with Crippen molar-refractivity contribution in [1.29, 1.82) is 0 Å². The number of aryl methyl sites for hydroxylation is 1. The Bertz CT molecular complexity index is 831. The number of hydrogen-bond donors (Lipinski definition) is 2. The van der Waals surface area contributed by atoms with Gasteiger partial charge in [0.05, 0.1) is 18.1 Å². The number of sulfonamides is 1. The Hall–Kier alpha value is -1.55. The molecule has 2 N–H and O–H groups in total. The van der Waals surface area contributed by atoms with Crippen LogP contribution in [-0.2, 0) is 23.6 Å². The van der Waals surface area contributed by atoms with Crippen LogP contribution in [0.15, 0.2) is 39.0 Å². The number of hydrogen-bond acceptors (Lipinski definition) is 4. The van der Waals surface area contributed by atoms with Crippen LogP contribution in [0.3, 0.4) is 0 Å². The predicted molar refractivity (Wildman–Crippen MR) is 107 cm³/mol. The minimum Gasteiger partial charge on any atom is -0.357 e. The molecule has 0 saturated carbocycles. The zero-order valence-corrected chi connectivity index (χ0v) is 17.5. The second kappa shape index (κ2) is 9.40. The average Bonchev–Trinajstić information content (AvgIpc) is 3.21. The number of aromatic nitrogens is 1. The minimum absolute atomic E-state index is 0.235. The summed E-state index contributed by atoms with van der Waals surface area (Å²) >= 11 is 7.22. The first-order valence-corrected chi connectivity index (χ1v) is 10.9. The van der Waals surface area contributed by atoms with Crippen molar-refractivity contribution in [3.05, 3.63) is 40.5 Å².